The summed E-state index contributed by atoms with van der Waals surface area (Å²) >= 11 is 1.55. The maximum Gasteiger partial charge on any atom is 0.125 e. The van der Waals surface area contributed by atoms with E-state index in [1.165, 1.54) is 12.1 Å². The Bertz CT molecular complexity index is 734. The molecule has 90 valence electrons. The zero-order valence-corrected chi connectivity index (χ0v) is 10.6. The predicted octanol–water partition coefficient (Wildman–Crippen LogP) is 3.99. The van der Waals surface area contributed by atoms with Crippen LogP contribution in [0.1, 0.15) is 5.56 Å². The first-order valence-corrected chi connectivity index (χ1v) is 6.38. The number of nitrogens with zero attached hydrogens (tertiary/aromatic N) is 1. The second kappa shape index (κ2) is 4.07. The van der Waals surface area contributed by atoms with E-state index < -0.39 is 0 Å². The van der Waals surface area contributed by atoms with Crippen molar-refractivity contribution in [1.82, 2.24) is 4.98 Å². The summed E-state index contributed by atoms with van der Waals surface area (Å²) in [5, 5.41) is 0.875. The van der Waals surface area contributed by atoms with Crippen LogP contribution in [0.25, 0.3) is 20.8 Å². The van der Waals surface area contributed by atoms with Gasteiger partial charge >= 0.3 is 0 Å². The average Bonchev–Trinajstić information content (AvgIpc) is 2.75. The molecule has 3 rings (SSSR count). The molecule has 18 heavy (non-hydrogen) atoms. The van der Waals surface area contributed by atoms with Crippen LogP contribution >= 0.6 is 11.3 Å². The van der Waals surface area contributed by atoms with E-state index in [0.29, 0.717) is 5.52 Å². The Kier molecular flexibility index (Phi) is 2.52. The number of halogens is 1. The van der Waals surface area contributed by atoms with Crippen molar-refractivity contribution < 1.29 is 4.39 Å². The molecule has 1 aromatic heterocycles. The zero-order valence-electron chi connectivity index (χ0n) is 9.77. The maximum atomic E-state index is 13.1. The molecule has 0 bridgehead atoms. The van der Waals surface area contributed by atoms with Gasteiger partial charge in [-0.15, -0.1) is 11.3 Å². The van der Waals surface area contributed by atoms with E-state index >= 15 is 0 Å². The van der Waals surface area contributed by atoms with E-state index in [1.807, 2.05) is 25.1 Å². The highest BCUT2D eigenvalue weighted by atomic mass is 32.1. The highest BCUT2D eigenvalue weighted by Crippen LogP contribution is 2.33. The molecule has 2 N–H and O–H groups in total. The Balaban J connectivity index is 2.22. The lowest BCUT2D eigenvalue weighted by Crippen LogP contribution is -1.91. The SMILES string of the molecule is Cc1c(N)cccc1-c1nc2cc(F)ccc2s1. The topological polar surface area (TPSA) is 38.9 Å². The summed E-state index contributed by atoms with van der Waals surface area (Å²) in [4.78, 5) is 4.47. The molecular formula is C14H11FN2S. The molecule has 0 fully saturated rings. The lowest BCUT2D eigenvalue weighted by Gasteiger charge is -2.04. The van der Waals surface area contributed by atoms with E-state index in [1.54, 1.807) is 17.4 Å². The average molecular weight is 258 g/mol. The maximum absolute atomic E-state index is 13.1. The number of nitrogens with two attached hydrogens (primary N) is 1. The monoisotopic (exact) mass is 258 g/mol. The lowest BCUT2D eigenvalue weighted by molar-refractivity contribution is 0.629. The first-order chi connectivity index (χ1) is 8.65. The van der Waals surface area contributed by atoms with Gasteiger partial charge in [-0.05, 0) is 30.7 Å². The van der Waals surface area contributed by atoms with Crippen LogP contribution in [0.15, 0.2) is 36.4 Å². The fourth-order valence-electron chi connectivity index (χ4n) is 1.90. The van der Waals surface area contributed by atoms with Gasteiger partial charge in [0.1, 0.15) is 10.8 Å². The Hall–Kier alpha value is -1.94. The summed E-state index contributed by atoms with van der Waals surface area (Å²) in [6, 6.07) is 10.4. The largest absolute Gasteiger partial charge is 0.398 e. The van der Waals surface area contributed by atoms with Gasteiger partial charge in [0.25, 0.3) is 0 Å². The highest BCUT2D eigenvalue weighted by Gasteiger charge is 2.10. The summed E-state index contributed by atoms with van der Waals surface area (Å²) in [5.74, 6) is -0.261. The smallest absolute Gasteiger partial charge is 0.125 e. The first-order valence-electron chi connectivity index (χ1n) is 5.57. The number of thiazole rings is 1. The highest BCUT2D eigenvalue weighted by molar-refractivity contribution is 7.21. The molecule has 0 aliphatic rings. The molecule has 4 heteroatoms. The van der Waals surface area contributed by atoms with Crippen LogP contribution in [0, 0.1) is 12.7 Å². The molecule has 2 aromatic carbocycles. The van der Waals surface area contributed by atoms with E-state index in [9.17, 15) is 4.39 Å². The number of hydrogen-bond acceptors (Lipinski definition) is 3. The lowest BCUT2D eigenvalue weighted by atomic mass is 10.1. The molecule has 3 aromatic rings. The Labute approximate surface area is 108 Å². The van der Waals surface area contributed by atoms with E-state index in [2.05, 4.69) is 4.98 Å². The van der Waals surface area contributed by atoms with Crippen molar-refractivity contribution in [2.75, 3.05) is 5.73 Å². The second-order valence-corrected chi connectivity index (χ2v) is 5.18. The van der Waals surface area contributed by atoms with E-state index in [0.717, 1.165) is 26.5 Å². The first kappa shape index (κ1) is 11.2. The minimum Gasteiger partial charge on any atom is -0.398 e. The summed E-state index contributed by atoms with van der Waals surface area (Å²) in [6.07, 6.45) is 0. The molecule has 0 aliphatic carbocycles. The second-order valence-electron chi connectivity index (χ2n) is 4.15. The molecule has 0 atom stereocenters. The van der Waals surface area contributed by atoms with Gasteiger partial charge in [0.05, 0.1) is 10.2 Å². The van der Waals surface area contributed by atoms with Crippen molar-refractivity contribution in [3.63, 3.8) is 0 Å². The molecule has 0 amide bonds. The fraction of sp³-hybridized carbons (Fsp3) is 0.0714. The minimum atomic E-state index is -0.261. The summed E-state index contributed by atoms with van der Waals surface area (Å²) in [6.45, 7) is 1.97. The summed E-state index contributed by atoms with van der Waals surface area (Å²) < 4.78 is 14.1. The third kappa shape index (κ3) is 1.75. The van der Waals surface area contributed by atoms with Crippen molar-refractivity contribution in [3.8, 4) is 10.6 Å². The number of aromatic nitrogens is 1. The molecule has 0 aliphatic heterocycles. The predicted molar refractivity (Wildman–Crippen MR) is 74.2 cm³/mol. The van der Waals surface area contributed by atoms with Gasteiger partial charge in [0.15, 0.2) is 0 Å². The van der Waals surface area contributed by atoms with Crippen LogP contribution < -0.4 is 5.73 Å². The number of nitrogen functional groups attached to an aromatic ring is 1. The van der Waals surface area contributed by atoms with Crippen molar-refractivity contribution in [1.29, 1.82) is 0 Å². The van der Waals surface area contributed by atoms with Crippen molar-refractivity contribution in [3.05, 3.63) is 47.8 Å². The summed E-state index contributed by atoms with van der Waals surface area (Å²) in [5.41, 5.74) is 9.35. The van der Waals surface area contributed by atoms with Gasteiger partial charge in [0, 0.05) is 17.3 Å². The summed E-state index contributed by atoms with van der Waals surface area (Å²) in [7, 11) is 0. The van der Waals surface area contributed by atoms with Gasteiger partial charge in [-0.25, -0.2) is 9.37 Å². The third-order valence-electron chi connectivity index (χ3n) is 2.96. The molecule has 0 radical (unpaired) electrons. The van der Waals surface area contributed by atoms with Crippen LogP contribution in [0.3, 0.4) is 0 Å². The van der Waals surface area contributed by atoms with E-state index in [-0.39, 0.29) is 5.82 Å². The van der Waals surface area contributed by atoms with Crippen molar-refractivity contribution in [2.45, 2.75) is 6.92 Å². The molecule has 2 nitrogen and oxygen atoms in total. The van der Waals surface area contributed by atoms with Crippen LogP contribution in [0.2, 0.25) is 0 Å². The Morgan fingerprint density at radius 2 is 2.06 bits per heavy atom. The number of hydrogen-bond donors (Lipinski definition) is 1. The zero-order chi connectivity index (χ0) is 12.7. The number of rotatable bonds is 1. The van der Waals surface area contributed by atoms with Gasteiger partial charge in [-0.2, -0.15) is 0 Å². The molecule has 0 spiro atoms. The van der Waals surface area contributed by atoms with Gasteiger partial charge < -0.3 is 5.73 Å². The molecule has 0 unspecified atom stereocenters. The Morgan fingerprint density at radius 1 is 1.22 bits per heavy atom. The van der Waals surface area contributed by atoms with Crippen LogP contribution in [0.5, 0.6) is 0 Å². The van der Waals surface area contributed by atoms with Crippen LogP contribution in [-0.4, -0.2) is 4.98 Å². The van der Waals surface area contributed by atoms with Crippen LogP contribution in [-0.2, 0) is 0 Å². The van der Waals surface area contributed by atoms with Gasteiger partial charge in [-0.1, -0.05) is 12.1 Å². The molecule has 0 saturated carbocycles. The van der Waals surface area contributed by atoms with E-state index in [4.69, 9.17) is 5.73 Å². The number of anilines is 1. The molecule has 1 heterocycles. The standard InChI is InChI=1S/C14H11FN2S/c1-8-10(3-2-4-11(8)16)14-17-12-7-9(15)5-6-13(12)18-14/h2-7H,16H2,1H3. The normalized spacial score (nSPS) is 11.0. The van der Waals surface area contributed by atoms with Crippen molar-refractivity contribution in [2.24, 2.45) is 0 Å². The number of benzene rings is 2. The minimum absolute atomic E-state index is 0.261. The quantitative estimate of drug-likeness (QED) is 0.670. The Morgan fingerprint density at radius 3 is 2.89 bits per heavy atom. The van der Waals surface area contributed by atoms with Gasteiger partial charge in [0.2, 0.25) is 0 Å². The number of fused-ring (bicyclic) bond motifs is 1. The molecule has 0 saturated heterocycles. The molecular weight excluding hydrogens is 247 g/mol. The van der Waals surface area contributed by atoms with Crippen LogP contribution in [0.4, 0.5) is 10.1 Å². The fourth-order valence-corrected chi connectivity index (χ4v) is 2.93. The van der Waals surface area contributed by atoms with Gasteiger partial charge in [-0.3, -0.25) is 0 Å². The third-order valence-corrected chi connectivity index (χ3v) is 4.03. The van der Waals surface area contributed by atoms with Crippen molar-refractivity contribution >= 4 is 27.2 Å².